The standard InChI is InChI=1S/C18H33NO3/c1-7-15(16(20)13(2)3)19(14-11-9-8-10-12-14)17(21)22-18(4,5)6/h13-15H,7-12H2,1-6H3/t15-/m0/s1. The van der Waals surface area contributed by atoms with Crippen LogP contribution in [-0.4, -0.2) is 34.5 Å². The predicted octanol–water partition coefficient (Wildman–Crippen LogP) is 4.56. The summed E-state index contributed by atoms with van der Waals surface area (Å²) in [6.07, 6.45) is 5.72. The Morgan fingerprint density at radius 3 is 2.09 bits per heavy atom. The highest BCUT2D eigenvalue weighted by molar-refractivity contribution is 5.89. The van der Waals surface area contributed by atoms with E-state index in [0.717, 1.165) is 25.7 Å². The van der Waals surface area contributed by atoms with Crippen LogP contribution in [0.25, 0.3) is 0 Å². The minimum Gasteiger partial charge on any atom is -0.444 e. The molecule has 0 bridgehead atoms. The van der Waals surface area contributed by atoms with Crippen LogP contribution in [0.3, 0.4) is 0 Å². The van der Waals surface area contributed by atoms with Crippen molar-refractivity contribution >= 4 is 11.9 Å². The number of carbonyl (C=O) groups excluding carboxylic acids is 2. The van der Waals surface area contributed by atoms with E-state index in [1.807, 2.05) is 41.5 Å². The third-order valence-electron chi connectivity index (χ3n) is 4.19. The summed E-state index contributed by atoms with van der Waals surface area (Å²) in [5, 5.41) is 0. The van der Waals surface area contributed by atoms with Gasteiger partial charge in [-0.2, -0.15) is 0 Å². The van der Waals surface area contributed by atoms with E-state index >= 15 is 0 Å². The number of amides is 1. The molecule has 0 radical (unpaired) electrons. The fraction of sp³-hybridized carbons (Fsp3) is 0.889. The van der Waals surface area contributed by atoms with Gasteiger partial charge in [-0.3, -0.25) is 9.69 Å². The van der Waals surface area contributed by atoms with Crippen molar-refractivity contribution in [3.8, 4) is 0 Å². The van der Waals surface area contributed by atoms with Crippen LogP contribution in [0.15, 0.2) is 0 Å². The lowest BCUT2D eigenvalue weighted by molar-refractivity contribution is -0.128. The molecule has 0 saturated heterocycles. The van der Waals surface area contributed by atoms with Crippen molar-refractivity contribution in [2.45, 2.75) is 97.8 Å². The molecule has 4 heteroatoms. The molecule has 4 nitrogen and oxygen atoms in total. The molecule has 0 unspecified atom stereocenters. The minimum absolute atomic E-state index is 0.0709. The minimum atomic E-state index is -0.539. The normalized spacial score (nSPS) is 18.1. The van der Waals surface area contributed by atoms with Gasteiger partial charge in [0, 0.05) is 12.0 Å². The van der Waals surface area contributed by atoms with E-state index in [1.165, 1.54) is 6.42 Å². The second-order valence-electron chi connectivity index (χ2n) is 7.66. The quantitative estimate of drug-likeness (QED) is 0.747. The molecule has 1 aliphatic carbocycles. The van der Waals surface area contributed by atoms with Gasteiger partial charge in [-0.1, -0.05) is 40.0 Å². The molecule has 1 aliphatic rings. The molecule has 1 amide bonds. The zero-order chi connectivity index (χ0) is 16.9. The van der Waals surface area contributed by atoms with E-state index in [2.05, 4.69) is 0 Å². The lowest BCUT2D eigenvalue weighted by Gasteiger charge is -2.40. The van der Waals surface area contributed by atoms with Crippen molar-refractivity contribution < 1.29 is 14.3 Å². The summed E-state index contributed by atoms with van der Waals surface area (Å²) in [5.41, 5.74) is -0.539. The number of hydrogen-bond donors (Lipinski definition) is 0. The maximum atomic E-state index is 12.7. The monoisotopic (exact) mass is 311 g/mol. The van der Waals surface area contributed by atoms with E-state index in [-0.39, 0.29) is 29.9 Å². The highest BCUT2D eigenvalue weighted by Gasteiger charge is 2.37. The molecule has 1 atom stereocenters. The SMILES string of the molecule is CC[C@@H](C(=O)C(C)C)N(C(=O)OC(C)(C)C)C1CCCCC1. The topological polar surface area (TPSA) is 46.6 Å². The Kier molecular flexibility index (Phi) is 6.89. The van der Waals surface area contributed by atoms with Gasteiger partial charge in [-0.05, 0) is 40.0 Å². The summed E-state index contributed by atoms with van der Waals surface area (Å²) in [7, 11) is 0. The summed E-state index contributed by atoms with van der Waals surface area (Å²) < 4.78 is 5.60. The molecule has 22 heavy (non-hydrogen) atoms. The van der Waals surface area contributed by atoms with Gasteiger partial charge >= 0.3 is 6.09 Å². The zero-order valence-electron chi connectivity index (χ0n) is 15.1. The summed E-state index contributed by atoms with van der Waals surface area (Å²) in [6.45, 7) is 11.4. The maximum absolute atomic E-state index is 12.7. The smallest absolute Gasteiger partial charge is 0.411 e. The Labute approximate surface area is 135 Å². The van der Waals surface area contributed by atoms with Crippen molar-refractivity contribution in [2.24, 2.45) is 5.92 Å². The molecule has 1 saturated carbocycles. The second-order valence-corrected chi connectivity index (χ2v) is 7.66. The Balaban J connectivity index is 3.02. The van der Waals surface area contributed by atoms with Crippen LogP contribution in [0.1, 0.15) is 80.1 Å². The Bertz CT molecular complexity index is 378. The molecule has 0 aromatic rings. The first-order valence-electron chi connectivity index (χ1n) is 8.72. The van der Waals surface area contributed by atoms with Crippen LogP contribution >= 0.6 is 0 Å². The molecule has 1 rings (SSSR count). The molecule has 0 spiro atoms. The first kappa shape index (κ1) is 19.0. The van der Waals surface area contributed by atoms with Gasteiger partial charge in [0.1, 0.15) is 5.60 Å². The first-order chi connectivity index (χ1) is 10.2. The Morgan fingerprint density at radius 2 is 1.68 bits per heavy atom. The van der Waals surface area contributed by atoms with Crippen LogP contribution in [0.2, 0.25) is 0 Å². The number of carbonyl (C=O) groups is 2. The summed E-state index contributed by atoms with van der Waals surface area (Å²) in [4.78, 5) is 27.1. The number of hydrogen-bond acceptors (Lipinski definition) is 3. The van der Waals surface area contributed by atoms with E-state index in [1.54, 1.807) is 4.90 Å². The van der Waals surface area contributed by atoms with Crippen LogP contribution in [0.4, 0.5) is 4.79 Å². The van der Waals surface area contributed by atoms with Gasteiger partial charge in [0.15, 0.2) is 5.78 Å². The number of rotatable bonds is 5. The van der Waals surface area contributed by atoms with Crippen molar-refractivity contribution in [2.75, 3.05) is 0 Å². The lowest BCUT2D eigenvalue weighted by atomic mass is 9.90. The highest BCUT2D eigenvalue weighted by atomic mass is 16.6. The van der Waals surface area contributed by atoms with Crippen LogP contribution in [0.5, 0.6) is 0 Å². The molecule has 0 heterocycles. The van der Waals surface area contributed by atoms with Crippen LogP contribution < -0.4 is 0 Å². The van der Waals surface area contributed by atoms with Crippen molar-refractivity contribution in [3.05, 3.63) is 0 Å². The Hall–Kier alpha value is -1.06. The number of ketones is 1. The van der Waals surface area contributed by atoms with Gasteiger partial charge in [-0.25, -0.2) is 4.79 Å². The van der Waals surface area contributed by atoms with Crippen LogP contribution in [-0.2, 0) is 9.53 Å². The predicted molar refractivity (Wildman–Crippen MR) is 88.9 cm³/mol. The average Bonchev–Trinajstić information content (AvgIpc) is 2.42. The summed E-state index contributed by atoms with van der Waals surface area (Å²) in [5.74, 6) is 0.0670. The number of ether oxygens (including phenoxy) is 1. The van der Waals surface area contributed by atoms with Gasteiger partial charge < -0.3 is 4.74 Å². The fourth-order valence-electron chi connectivity index (χ4n) is 3.12. The van der Waals surface area contributed by atoms with Crippen molar-refractivity contribution in [3.63, 3.8) is 0 Å². The third-order valence-corrected chi connectivity index (χ3v) is 4.19. The van der Waals surface area contributed by atoms with E-state index in [4.69, 9.17) is 4.74 Å². The molecule has 0 aromatic carbocycles. The van der Waals surface area contributed by atoms with Crippen LogP contribution in [0, 0.1) is 5.92 Å². The van der Waals surface area contributed by atoms with Crippen molar-refractivity contribution in [1.82, 2.24) is 4.90 Å². The molecule has 0 N–H and O–H groups in total. The van der Waals surface area contributed by atoms with E-state index in [9.17, 15) is 9.59 Å². The highest BCUT2D eigenvalue weighted by Crippen LogP contribution is 2.28. The van der Waals surface area contributed by atoms with E-state index < -0.39 is 5.60 Å². The zero-order valence-corrected chi connectivity index (χ0v) is 15.1. The number of nitrogens with zero attached hydrogens (tertiary/aromatic N) is 1. The van der Waals surface area contributed by atoms with Gasteiger partial charge in [0.2, 0.25) is 0 Å². The molecule has 0 aromatic heterocycles. The lowest BCUT2D eigenvalue weighted by Crippen LogP contribution is -2.53. The molecular formula is C18H33NO3. The van der Waals surface area contributed by atoms with Gasteiger partial charge in [-0.15, -0.1) is 0 Å². The number of Topliss-reactive ketones (excluding diaryl/α,β-unsaturated/α-hetero) is 1. The molecule has 128 valence electrons. The average molecular weight is 311 g/mol. The maximum Gasteiger partial charge on any atom is 0.411 e. The second kappa shape index (κ2) is 7.98. The van der Waals surface area contributed by atoms with E-state index in [0.29, 0.717) is 6.42 Å². The molecule has 1 fully saturated rings. The Morgan fingerprint density at radius 1 is 1.14 bits per heavy atom. The third kappa shape index (κ3) is 5.29. The first-order valence-corrected chi connectivity index (χ1v) is 8.72. The molecular weight excluding hydrogens is 278 g/mol. The van der Waals surface area contributed by atoms with Crippen molar-refractivity contribution in [1.29, 1.82) is 0 Å². The fourth-order valence-corrected chi connectivity index (χ4v) is 3.12. The molecule has 0 aliphatic heterocycles. The van der Waals surface area contributed by atoms with Gasteiger partial charge in [0.05, 0.1) is 6.04 Å². The summed E-state index contributed by atoms with van der Waals surface area (Å²) in [6, 6.07) is -0.228. The summed E-state index contributed by atoms with van der Waals surface area (Å²) >= 11 is 0. The van der Waals surface area contributed by atoms with Gasteiger partial charge in [0.25, 0.3) is 0 Å². The largest absolute Gasteiger partial charge is 0.444 e.